The molecule has 0 aliphatic carbocycles. The van der Waals surface area contributed by atoms with Crippen LogP contribution in [0.3, 0.4) is 0 Å². The summed E-state index contributed by atoms with van der Waals surface area (Å²) in [6, 6.07) is 0.712. The molecule has 2 rings (SSSR count). The number of nitrogens with zero attached hydrogens (tertiary/aromatic N) is 5. The summed E-state index contributed by atoms with van der Waals surface area (Å²) < 4.78 is 2.04. The molecule has 114 valence electrons. The van der Waals surface area contributed by atoms with Crippen LogP contribution < -0.4 is 5.32 Å². The second-order valence-corrected chi connectivity index (χ2v) is 5.81. The van der Waals surface area contributed by atoms with E-state index < -0.39 is 0 Å². The molecule has 2 unspecified atom stereocenters. The summed E-state index contributed by atoms with van der Waals surface area (Å²) in [5.74, 6) is 0. The van der Waals surface area contributed by atoms with Gasteiger partial charge in [-0.1, -0.05) is 12.1 Å². The second-order valence-electron chi connectivity index (χ2n) is 5.81. The molecule has 1 N–H and O–H groups in total. The Morgan fingerprint density at radius 1 is 1.40 bits per heavy atom. The number of likely N-dealkylation sites (N-methyl/N-ethyl adjacent to an activating group) is 3. The fourth-order valence-corrected chi connectivity index (χ4v) is 3.10. The van der Waals surface area contributed by atoms with Crippen molar-refractivity contribution in [3.63, 3.8) is 0 Å². The number of aromatic nitrogens is 3. The molecule has 1 aromatic rings. The quantitative estimate of drug-likeness (QED) is 0.855. The van der Waals surface area contributed by atoms with Gasteiger partial charge in [-0.3, -0.25) is 0 Å². The van der Waals surface area contributed by atoms with Gasteiger partial charge in [-0.2, -0.15) is 0 Å². The van der Waals surface area contributed by atoms with Crippen molar-refractivity contribution >= 4 is 0 Å². The molecule has 1 aromatic heterocycles. The van der Waals surface area contributed by atoms with E-state index in [1.807, 2.05) is 17.9 Å². The van der Waals surface area contributed by atoms with Crippen molar-refractivity contribution in [3.8, 4) is 0 Å². The molecule has 1 aliphatic rings. The first-order valence-electron chi connectivity index (χ1n) is 7.61. The summed E-state index contributed by atoms with van der Waals surface area (Å²) >= 11 is 0. The average Bonchev–Trinajstić information content (AvgIpc) is 2.80. The van der Waals surface area contributed by atoms with E-state index in [0.29, 0.717) is 6.04 Å². The van der Waals surface area contributed by atoms with Gasteiger partial charge in [0.15, 0.2) is 0 Å². The lowest BCUT2D eigenvalue weighted by atomic mass is 10.0. The van der Waals surface area contributed by atoms with Gasteiger partial charge in [0.1, 0.15) is 0 Å². The first-order chi connectivity index (χ1) is 9.67. The second kappa shape index (κ2) is 7.15. The maximum absolute atomic E-state index is 4.23. The van der Waals surface area contributed by atoms with E-state index in [9.17, 15) is 0 Å². The lowest BCUT2D eigenvalue weighted by Gasteiger charge is -2.34. The predicted molar refractivity (Wildman–Crippen MR) is 80.6 cm³/mol. The highest BCUT2D eigenvalue weighted by atomic mass is 15.4. The zero-order valence-corrected chi connectivity index (χ0v) is 13.2. The van der Waals surface area contributed by atoms with Crippen molar-refractivity contribution in [2.45, 2.75) is 38.4 Å². The molecular weight excluding hydrogens is 252 g/mol. The van der Waals surface area contributed by atoms with Crippen LogP contribution in [0.25, 0.3) is 0 Å². The SMILES string of the molecule is CCCn1nncc1C(NC)C1CN(C)CCCN1C. The topological polar surface area (TPSA) is 49.2 Å². The van der Waals surface area contributed by atoms with Gasteiger partial charge in [0.05, 0.1) is 17.9 Å². The van der Waals surface area contributed by atoms with E-state index in [2.05, 4.69) is 46.4 Å². The van der Waals surface area contributed by atoms with Gasteiger partial charge in [0, 0.05) is 19.1 Å². The average molecular weight is 280 g/mol. The molecule has 1 aliphatic heterocycles. The lowest BCUT2D eigenvalue weighted by molar-refractivity contribution is 0.177. The Morgan fingerprint density at radius 3 is 2.90 bits per heavy atom. The Kier molecular flexibility index (Phi) is 5.51. The Labute approximate surface area is 122 Å². The number of nitrogens with one attached hydrogen (secondary N) is 1. The van der Waals surface area contributed by atoms with Gasteiger partial charge in [0.2, 0.25) is 0 Å². The van der Waals surface area contributed by atoms with Crippen LogP contribution in [0.5, 0.6) is 0 Å². The monoisotopic (exact) mass is 280 g/mol. The third-order valence-corrected chi connectivity index (χ3v) is 4.21. The van der Waals surface area contributed by atoms with Crippen molar-refractivity contribution in [3.05, 3.63) is 11.9 Å². The first kappa shape index (κ1) is 15.4. The number of aryl methyl sites for hydroxylation is 1. The van der Waals surface area contributed by atoms with Crippen LogP contribution >= 0.6 is 0 Å². The molecule has 0 spiro atoms. The summed E-state index contributed by atoms with van der Waals surface area (Å²) in [7, 11) is 6.47. The Morgan fingerprint density at radius 2 is 2.20 bits per heavy atom. The number of hydrogen-bond donors (Lipinski definition) is 1. The van der Waals surface area contributed by atoms with E-state index in [0.717, 1.165) is 26.1 Å². The van der Waals surface area contributed by atoms with Crippen LogP contribution in [-0.4, -0.2) is 71.6 Å². The highest BCUT2D eigenvalue weighted by Gasteiger charge is 2.30. The van der Waals surface area contributed by atoms with Crippen molar-refractivity contribution in [1.82, 2.24) is 30.1 Å². The molecule has 0 amide bonds. The molecule has 0 bridgehead atoms. The predicted octanol–water partition coefficient (Wildman–Crippen LogP) is 0.585. The lowest BCUT2D eigenvalue weighted by Crippen LogP contribution is -2.46. The van der Waals surface area contributed by atoms with E-state index in [1.165, 1.54) is 18.7 Å². The molecule has 0 radical (unpaired) electrons. The van der Waals surface area contributed by atoms with Crippen molar-refractivity contribution in [2.24, 2.45) is 0 Å². The highest BCUT2D eigenvalue weighted by molar-refractivity contribution is 5.07. The molecule has 1 saturated heterocycles. The van der Waals surface area contributed by atoms with Crippen molar-refractivity contribution < 1.29 is 0 Å². The van der Waals surface area contributed by atoms with Crippen molar-refractivity contribution in [2.75, 3.05) is 40.8 Å². The van der Waals surface area contributed by atoms with Crippen molar-refractivity contribution in [1.29, 1.82) is 0 Å². The minimum atomic E-state index is 0.266. The fourth-order valence-electron chi connectivity index (χ4n) is 3.10. The van der Waals surface area contributed by atoms with Gasteiger partial charge < -0.3 is 15.1 Å². The van der Waals surface area contributed by atoms with Gasteiger partial charge in [-0.15, -0.1) is 5.10 Å². The molecule has 2 heterocycles. The Hall–Kier alpha value is -0.980. The zero-order chi connectivity index (χ0) is 14.5. The van der Waals surface area contributed by atoms with E-state index >= 15 is 0 Å². The molecule has 0 aromatic carbocycles. The molecule has 1 fully saturated rings. The third kappa shape index (κ3) is 3.37. The molecule has 0 saturated carbocycles. The third-order valence-electron chi connectivity index (χ3n) is 4.21. The summed E-state index contributed by atoms with van der Waals surface area (Å²) in [5, 5.41) is 11.8. The van der Waals surface area contributed by atoms with Gasteiger partial charge in [-0.25, -0.2) is 4.68 Å². The number of rotatable bonds is 5. The maximum Gasteiger partial charge on any atom is 0.0772 e. The molecule has 6 nitrogen and oxygen atoms in total. The Bertz CT molecular complexity index is 404. The smallest absolute Gasteiger partial charge is 0.0772 e. The highest BCUT2D eigenvalue weighted by Crippen LogP contribution is 2.22. The molecule has 2 atom stereocenters. The number of hydrogen-bond acceptors (Lipinski definition) is 5. The van der Waals surface area contributed by atoms with Gasteiger partial charge in [0.25, 0.3) is 0 Å². The van der Waals surface area contributed by atoms with Gasteiger partial charge in [-0.05, 0) is 47.1 Å². The standard InChI is InChI=1S/C14H28N6/c1-5-7-20-12(10-16-17-20)14(15-2)13-11-18(3)8-6-9-19(13)4/h10,13-15H,5-9,11H2,1-4H3. The maximum atomic E-state index is 4.23. The van der Waals surface area contributed by atoms with E-state index in [-0.39, 0.29) is 6.04 Å². The molecular formula is C14H28N6. The van der Waals surface area contributed by atoms with E-state index in [1.54, 1.807) is 0 Å². The summed E-state index contributed by atoms with van der Waals surface area (Å²) in [5.41, 5.74) is 1.20. The molecule has 6 heteroatoms. The van der Waals surface area contributed by atoms with Crippen LogP contribution in [-0.2, 0) is 6.54 Å². The minimum absolute atomic E-state index is 0.266. The minimum Gasteiger partial charge on any atom is -0.310 e. The van der Waals surface area contributed by atoms with Gasteiger partial charge >= 0.3 is 0 Å². The first-order valence-corrected chi connectivity index (χ1v) is 7.61. The van der Waals surface area contributed by atoms with Crippen LogP contribution in [0.15, 0.2) is 6.20 Å². The Balaban J connectivity index is 2.22. The van der Waals surface area contributed by atoms with Crippen LogP contribution in [0.2, 0.25) is 0 Å². The summed E-state index contributed by atoms with van der Waals surface area (Å²) in [6.45, 7) is 6.48. The normalized spacial score (nSPS) is 23.7. The van der Waals surface area contributed by atoms with Crippen LogP contribution in [0, 0.1) is 0 Å². The largest absolute Gasteiger partial charge is 0.310 e. The zero-order valence-electron chi connectivity index (χ0n) is 13.2. The summed E-state index contributed by atoms with van der Waals surface area (Å²) in [4.78, 5) is 4.89. The fraction of sp³-hybridized carbons (Fsp3) is 0.857. The summed E-state index contributed by atoms with van der Waals surface area (Å²) in [6.07, 6.45) is 4.22. The van der Waals surface area contributed by atoms with Crippen LogP contribution in [0.1, 0.15) is 31.5 Å². The molecule has 20 heavy (non-hydrogen) atoms. The van der Waals surface area contributed by atoms with E-state index in [4.69, 9.17) is 0 Å². The van der Waals surface area contributed by atoms with Crippen LogP contribution in [0.4, 0.5) is 0 Å².